The number of esters is 1. The topological polar surface area (TPSA) is 81.7 Å². The Morgan fingerprint density at radius 3 is 2.20 bits per heavy atom. The molecule has 6 nitrogen and oxygen atoms in total. The van der Waals surface area contributed by atoms with Gasteiger partial charge in [-0.25, -0.2) is 4.79 Å². The van der Waals surface area contributed by atoms with Gasteiger partial charge < -0.3 is 14.8 Å². The summed E-state index contributed by atoms with van der Waals surface area (Å²) in [5.74, 6) is -1.10. The maximum Gasteiger partial charge on any atom is 0.337 e. The highest BCUT2D eigenvalue weighted by Crippen LogP contribution is 2.05. The second-order valence-corrected chi connectivity index (χ2v) is 5.27. The van der Waals surface area contributed by atoms with Gasteiger partial charge in [-0.3, -0.25) is 9.59 Å². The van der Waals surface area contributed by atoms with Gasteiger partial charge in [-0.2, -0.15) is 0 Å². The number of nitrogens with one attached hydrogen (secondary N) is 1. The summed E-state index contributed by atoms with van der Waals surface area (Å²) in [5, 5.41) is 2.53. The summed E-state index contributed by atoms with van der Waals surface area (Å²) in [7, 11) is 1.29. The average molecular weight is 341 g/mol. The van der Waals surface area contributed by atoms with Gasteiger partial charge in [0.1, 0.15) is 6.61 Å². The number of hydrogen-bond donors (Lipinski definition) is 1. The lowest BCUT2D eigenvalue weighted by molar-refractivity contribution is -0.123. The van der Waals surface area contributed by atoms with Crippen molar-refractivity contribution in [3.05, 3.63) is 71.3 Å². The first-order valence-corrected chi connectivity index (χ1v) is 7.70. The molecule has 2 rings (SSSR count). The highest BCUT2D eigenvalue weighted by atomic mass is 16.5. The molecule has 0 bridgehead atoms. The number of methoxy groups -OCH3 is 1. The van der Waals surface area contributed by atoms with Crippen LogP contribution in [0.4, 0.5) is 0 Å². The Morgan fingerprint density at radius 1 is 0.920 bits per heavy atom. The van der Waals surface area contributed by atoms with Crippen LogP contribution < -0.4 is 5.32 Å². The summed E-state index contributed by atoms with van der Waals surface area (Å²) in [6.45, 7) is 0.151. The molecule has 0 heterocycles. The van der Waals surface area contributed by atoms with E-state index in [1.54, 1.807) is 0 Å². The standard InChI is InChI=1S/C19H19NO5/c1-24-19(23)16-9-7-15(8-10-16)18(22)20-11-17(21)13-25-12-14-5-3-2-4-6-14/h2-10H,11-13H2,1H3,(H,20,22). The lowest BCUT2D eigenvalue weighted by atomic mass is 10.1. The number of amides is 1. The average Bonchev–Trinajstić information content (AvgIpc) is 2.66. The van der Waals surface area contributed by atoms with Crippen LogP contribution in [0.1, 0.15) is 26.3 Å². The molecule has 0 aliphatic carbocycles. The maximum atomic E-state index is 12.0. The fourth-order valence-corrected chi connectivity index (χ4v) is 2.06. The molecule has 0 aromatic heterocycles. The second kappa shape index (κ2) is 9.34. The number of ketones is 1. The van der Waals surface area contributed by atoms with E-state index in [0.29, 0.717) is 17.7 Å². The molecule has 0 atom stereocenters. The Morgan fingerprint density at radius 2 is 1.56 bits per heavy atom. The Hall–Kier alpha value is -2.99. The summed E-state index contributed by atoms with van der Waals surface area (Å²) < 4.78 is 9.91. The predicted molar refractivity (Wildman–Crippen MR) is 91.2 cm³/mol. The largest absolute Gasteiger partial charge is 0.465 e. The molecule has 0 spiro atoms. The van der Waals surface area contributed by atoms with Gasteiger partial charge in [0.15, 0.2) is 5.78 Å². The molecule has 130 valence electrons. The van der Waals surface area contributed by atoms with Crippen molar-refractivity contribution in [2.75, 3.05) is 20.3 Å². The van der Waals surface area contributed by atoms with E-state index in [1.165, 1.54) is 31.4 Å². The van der Waals surface area contributed by atoms with Crippen molar-refractivity contribution in [2.24, 2.45) is 0 Å². The molecule has 6 heteroatoms. The van der Waals surface area contributed by atoms with Gasteiger partial charge in [-0.1, -0.05) is 30.3 Å². The minimum Gasteiger partial charge on any atom is -0.465 e. The highest BCUT2D eigenvalue weighted by molar-refractivity contribution is 5.98. The molecule has 0 radical (unpaired) electrons. The van der Waals surface area contributed by atoms with Crippen LogP contribution in [0.2, 0.25) is 0 Å². The zero-order valence-electron chi connectivity index (χ0n) is 13.9. The smallest absolute Gasteiger partial charge is 0.337 e. The number of ether oxygens (including phenoxy) is 2. The van der Waals surface area contributed by atoms with Gasteiger partial charge in [0.2, 0.25) is 0 Å². The van der Waals surface area contributed by atoms with Crippen molar-refractivity contribution >= 4 is 17.7 Å². The molecule has 1 amide bonds. The number of Topliss-reactive ketones (excluding diaryl/α,β-unsaturated/α-hetero) is 1. The summed E-state index contributed by atoms with van der Waals surface area (Å²) in [6, 6.07) is 15.5. The van der Waals surface area contributed by atoms with Crippen molar-refractivity contribution in [1.82, 2.24) is 5.32 Å². The van der Waals surface area contributed by atoms with Gasteiger partial charge >= 0.3 is 5.97 Å². The normalized spacial score (nSPS) is 10.1. The monoisotopic (exact) mass is 341 g/mol. The molecule has 2 aromatic rings. The van der Waals surface area contributed by atoms with Crippen molar-refractivity contribution in [3.8, 4) is 0 Å². The van der Waals surface area contributed by atoms with E-state index in [9.17, 15) is 14.4 Å². The zero-order valence-corrected chi connectivity index (χ0v) is 13.9. The lowest BCUT2D eigenvalue weighted by Gasteiger charge is -2.06. The number of benzene rings is 2. The summed E-state index contributed by atoms with van der Waals surface area (Å²) in [6.07, 6.45) is 0. The van der Waals surface area contributed by atoms with Crippen LogP contribution in [0.15, 0.2) is 54.6 Å². The Labute approximate surface area is 145 Å². The van der Waals surface area contributed by atoms with Crippen LogP contribution in [0.3, 0.4) is 0 Å². The fraction of sp³-hybridized carbons (Fsp3) is 0.211. The third-order valence-electron chi connectivity index (χ3n) is 3.39. The second-order valence-electron chi connectivity index (χ2n) is 5.27. The first-order chi connectivity index (χ1) is 12.1. The predicted octanol–water partition coefficient (Wildman–Crippen LogP) is 1.99. The number of hydrogen-bond acceptors (Lipinski definition) is 5. The minimum atomic E-state index is -0.474. The van der Waals surface area contributed by atoms with Gasteiger partial charge in [0, 0.05) is 5.56 Å². The molecule has 2 aromatic carbocycles. The molecule has 0 unspecified atom stereocenters. The van der Waals surface area contributed by atoms with Crippen LogP contribution in [0.5, 0.6) is 0 Å². The first kappa shape index (κ1) is 18.4. The Balaban J connectivity index is 1.73. The quantitative estimate of drug-likeness (QED) is 0.743. The minimum absolute atomic E-state index is 0.0730. The Bertz CT molecular complexity index is 725. The molecule has 0 aliphatic heterocycles. The van der Waals surface area contributed by atoms with Crippen LogP contribution in [0, 0.1) is 0 Å². The van der Waals surface area contributed by atoms with Gasteiger partial charge in [0.05, 0.1) is 25.8 Å². The van der Waals surface area contributed by atoms with Crippen molar-refractivity contribution in [2.45, 2.75) is 6.61 Å². The number of rotatable bonds is 8. The molecule has 1 N–H and O–H groups in total. The summed E-state index contributed by atoms with van der Waals surface area (Å²) in [5.41, 5.74) is 1.68. The lowest BCUT2D eigenvalue weighted by Crippen LogP contribution is -2.31. The van der Waals surface area contributed by atoms with Crippen molar-refractivity contribution < 1.29 is 23.9 Å². The van der Waals surface area contributed by atoms with Crippen molar-refractivity contribution in [1.29, 1.82) is 0 Å². The third-order valence-corrected chi connectivity index (χ3v) is 3.39. The van der Waals surface area contributed by atoms with Crippen LogP contribution in [-0.2, 0) is 20.9 Å². The van der Waals surface area contributed by atoms with Gasteiger partial charge in [-0.15, -0.1) is 0 Å². The van der Waals surface area contributed by atoms with Crippen LogP contribution in [-0.4, -0.2) is 37.9 Å². The van der Waals surface area contributed by atoms with Crippen LogP contribution in [0.25, 0.3) is 0 Å². The zero-order chi connectivity index (χ0) is 18.1. The molecule has 0 saturated heterocycles. The number of carbonyl (C=O) groups is 3. The molecular formula is C19H19NO5. The summed E-state index contributed by atoms with van der Waals surface area (Å²) >= 11 is 0. The van der Waals surface area contributed by atoms with Gasteiger partial charge in [-0.05, 0) is 29.8 Å². The van der Waals surface area contributed by atoms with E-state index in [4.69, 9.17) is 4.74 Å². The van der Waals surface area contributed by atoms with E-state index < -0.39 is 11.9 Å². The summed E-state index contributed by atoms with van der Waals surface area (Å²) in [4.78, 5) is 35.1. The van der Waals surface area contributed by atoms with E-state index in [-0.39, 0.29) is 18.9 Å². The van der Waals surface area contributed by atoms with Crippen molar-refractivity contribution in [3.63, 3.8) is 0 Å². The van der Waals surface area contributed by atoms with E-state index in [1.807, 2.05) is 30.3 Å². The molecule has 25 heavy (non-hydrogen) atoms. The van der Waals surface area contributed by atoms with E-state index in [0.717, 1.165) is 5.56 Å². The highest BCUT2D eigenvalue weighted by Gasteiger charge is 2.10. The van der Waals surface area contributed by atoms with E-state index >= 15 is 0 Å². The first-order valence-electron chi connectivity index (χ1n) is 7.70. The molecule has 0 saturated carbocycles. The number of carbonyl (C=O) groups excluding carboxylic acids is 3. The maximum absolute atomic E-state index is 12.0. The molecular weight excluding hydrogens is 322 g/mol. The SMILES string of the molecule is COC(=O)c1ccc(C(=O)NCC(=O)COCc2ccccc2)cc1. The molecule has 0 aliphatic rings. The third kappa shape index (κ3) is 5.86. The van der Waals surface area contributed by atoms with E-state index in [2.05, 4.69) is 10.1 Å². The van der Waals surface area contributed by atoms with Gasteiger partial charge in [0.25, 0.3) is 5.91 Å². The fourth-order valence-electron chi connectivity index (χ4n) is 2.06. The van der Waals surface area contributed by atoms with Crippen LogP contribution >= 0.6 is 0 Å². The molecule has 0 fully saturated rings. The Kier molecular flexibility index (Phi) is 6.86.